The first kappa shape index (κ1) is 14.4. The Bertz CT molecular complexity index is 677. The summed E-state index contributed by atoms with van der Waals surface area (Å²) in [5, 5.41) is 9.40. The van der Waals surface area contributed by atoms with Gasteiger partial charge in [0.05, 0.1) is 16.7 Å². The molecule has 4 heteroatoms. The second kappa shape index (κ2) is 5.94. The molecule has 0 aromatic heterocycles. The second-order valence-electron chi connectivity index (χ2n) is 4.61. The van der Waals surface area contributed by atoms with E-state index in [1.807, 2.05) is 13.8 Å². The van der Waals surface area contributed by atoms with Crippen LogP contribution < -0.4 is 4.74 Å². The standard InChI is InChI=1S/C16H13ClFNO/c1-10(2)20-16-7-11(3-4-12(16)9-19)14-6-5-13(18)8-15(14)17/h3-8,10H,1-2H3. The van der Waals surface area contributed by atoms with E-state index in [1.165, 1.54) is 12.1 Å². The lowest BCUT2D eigenvalue weighted by molar-refractivity contribution is 0.242. The van der Waals surface area contributed by atoms with Crippen LogP contribution in [0.3, 0.4) is 0 Å². The zero-order chi connectivity index (χ0) is 14.7. The lowest BCUT2D eigenvalue weighted by Crippen LogP contribution is -2.06. The largest absolute Gasteiger partial charge is 0.490 e. The molecule has 0 heterocycles. The minimum Gasteiger partial charge on any atom is -0.490 e. The third-order valence-corrected chi connectivity index (χ3v) is 3.02. The maximum atomic E-state index is 13.1. The van der Waals surface area contributed by atoms with Crippen LogP contribution in [0.15, 0.2) is 36.4 Å². The van der Waals surface area contributed by atoms with Gasteiger partial charge in [-0.3, -0.25) is 0 Å². The summed E-state index contributed by atoms with van der Waals surface area (Å²) in [4.78, 5) is 0. The lowest BCUT2D eigenvalue weighted by atomic mass is 10.0. The highest BCUT2D eigenvalue weighted by molar-refractivity contribution is 6.33. The number of benzene rings is 2. The minimum atomic E-state index is -0.383. The Labute approximate surface area is 122 Å². The Kier molecular flexibility index (Phi) is 4.26. The molecular weight excluding hydrogens is 277 g/mol. The fourth-order valence-corrected chi connectivity index (χ4v) is 2.13. The monoisotopic (exact) mass is 289 g/mol. The summed E-state index contributed by atoms with van der Waals surface area (Å²) in [7, 11) is 0. The highest BCUT2D eigenvalue weighted by Gasteiger charge is 2.10. The maximum absolute atomic E-state index is 13.1. The van der Waals surface area contributed by atoms with Crippen molar-refractivity contribution in [2.24, 2.45) is 0 Å². The quantitative estimate of drug-likeness (QED) is 0.812. The average Bonchev–Trinajstić information content (AvgIpc) is 2.38. The highest BCUT2D eigenvalue weighted by atomic mass is 35.5. The molecule has 0 aliphatic carbocycles. The van der Waals surface area contributed by atoms with Gasteiger partial charge >= 0.3 is 0 Å². The van der Waals surface area contributed by atoms with E-state index >= 15 is 0 Å². The first-order valence-corrected chi connectivity index (χ1v) is 6.55. The van der Waals surface area contributed by atoms with Gasteiger partial charge in [0.15, 0.2) is 0 Å². The van der Waals surface area contributed by atoms with Crippen LogP contribution in [0.25, 0.3) is 11.1 Å². The van der Waals surface area contributed by atoms with Crippen LogP contribution >= 0.6 is 11.6 Å². The van der Waals surface area contributed by atoms with E-state index in [-0.39, 0.29) is 11.9 Å². The molecular formula is C16H13ClFNO. The van der Waals surface area contributed by atoms with Gasteiger partial charge < -0.3 is 4.74 Å². The third-order valence-electron chi connectivity index (χ3n) is 2.71. The van der Waals surface area contributed by atoms with E-state index < -0.39 is 0 Å². The topological polar surface area (TPSA) is 33.0 Å². The predicted molar refractivity (Wildman–Crippen MR) is 77.3 cm³/mol. The van der Waals surface area contributed by atoms with Gasteiger partial charge in [0.2, 0.25) is 0 Å². The summed E-state index contributed by atoms with van der Waals surface area (Å²) >= 11 is 6.05. The highest BCUT2D eigenvalue weighted by Crippen LogP contribution is 2.32. The summed E-state index contributed by atoms with van der Waals surface area (Å²) < 4.78 is 18.7. The van der Waals surface area contributed by atoms with Gasteiger partial charge in [-0.05, 0) is 49.7 Å². The Morgan fingerprint density at radius 2 is 1.95 bits per heavy atom. The van der Waals surface area contributed by atoms with Crippen LogP contribution in [0.5, 0.6) is 5.75 Å². The van der Waals surface area contributed by atoms with Crippen LogP contribution in [0.4, 0.5) is 4.39 Å². The van der Waals surface area contributed by atoms with Gasteiger partial charge in [0.25, 0.3) is 0 Å². The van der Waals surface area contributed by atoms with Crippen molar-refractivity contribution in [3.05, 3.63) is 52.8 Å². The molecule has 0 bridgehead atoms. The van der Waals surface area contributed by atoms with E-state index in [0.29, 0.717) is 21.9 Å². The molecule has 0 saturated carbocycles. The predicted octanol–water partition coefficient (Wildman–Crippen LogP) is 4.80. The van der Waals surface area contributed by atoms with Crippen molar-refractivity contribution in [3.63, 3.8) is 0 Å². The molecule has 0 fully saturated rings. The number of rotatable bonds is 3. The van der Waals surface area contributed by atoms with Gasteiger partial charge in [-0.2, -0.15) is 5.26 Å². The van der Waals surface area contributed by atoms with E-state index in [2.05, 4.69) is 6.07 Å². The Morgan fingerprint density at radius 3 is 2.55 bits per heavy atom. The zero-order valence-corrected chi connectivity index (χ0v) is 11.9. The molecule has 0 unspecified atom stereocenters. The van der Waals surface area contributed by atoms with Crippen molar-refractivity contribution in [3.8, 4) is 22.9 Å². The van der Waals surface area contributed by atoms with Crippen LogP contribution in [0.1, 0.15) is 19.4 Å². The summed E-state index contributed by atoms with van der Waals surface area (Å²) in [6.45, 7) is 3.78. The van der Waals surface area contributed by atoms with Crippen molar-refractivity contribution < 1.29 is 9.13 Å². The number of hydrogen-bond donors (Lipinski definition) is 0. The molecule has 0 amide bonds. The van der Waals surface area contributed by atoms with Crippen LogP contribution in [-0.4, -0.2) is 6.10 Å². The van der Waals surface area contributed by atoms with Crippen molar-refractivity contribution >= 4 is 11.6 Å². The van der Waals surface area contributed by atoms with Gasteiger partial charge in [-0.1, -0.05) is 17.7 Å². The van der Waals surface area contributed by atoms with Crippen molar-refractivity contribution in [2.75, 3.05) is 0 Å². The molecule has 2 aromatic rings. The van der Waals surface area contributed by atoms with Crippen LogP contribution in [-0.2, 0) is 0 Å². The van der Waals surface area contributed by atoms with E-state index in [0.717, 1.165) is 5.56 Å². The van der Waals surface area contributed by atoms with Crippen molar-refractivity contribution in [1.82, 2.24) is 0 Å². The molecule has 0 spiro atoms. The Balaban J connectivity index is 2.50. The van der Waals surface area contributed by atoms with Crippen molar-refractivity contribution in [2.45, 2.75) is 20.0 Å². The zero-order valence-electron chi connectivity index (χ0n) is 11.2. The Hall–Kier alpha value is -2.05. The molecule has 0 aliphatic rings. The summed E-state index contributed by atoms with van der Waals surface area (Å²) in [5.74, 6) is 0.117. The number of nitrogens with zero attached hydrogens (tertiary/aromatic N) is 1. The Morgan fingerprint density at radius 1 is 1.20 bits per heavy atom. The summed E-state index contributed by atoms with van der Waals surface area (Å²) in [6, 6.07) is 11.5. The smallest absolute Gasteiger partial charge is 0.138 e. The first-order valence-electron chi connectivity index (χ1n) is 6.17. The minimum absolute atomic E-state index is 0.0407. The summed E-state index contributed by atoms with van der Waals surface area (Å²) in [6.07, 6.45) is -0.0407. The number of halogens is 2. The third kappa shape index (κ3) is 3.09. The molecule has 20 heavy (non-hydrogen) atoms. The van der Waals surface area contributed by atoms with Gasteiger partial charge in [-0.15, -0.1) is 0 Å². The summed E-state index contributed by atoms with van der Waals surface area (Å²) in [5.41, 5.74) is 1.94. The second-order valence-corrected chi connectivity index (χ2v) is 5.02. The lowest BCUT2D eigenvalue weighted by Gasteiger charge is -2.13. The van der Waals surface area contributed by atoms with E-state index in [4.69, 9.17) is 21.6 Å². The van der Waals surface area contributed by atoms with Gasteiger partial charge in [0, 0.05) is 5.56 Å². The number of ether oxygens (including phenoxy) is 1. The van der Waals surface area contributed by atoms with Crippen LogP contribution in [0.2, 0.25) is 5.02 Å². The molecule has 0 aliphatic heterocycles. The number of nitriles is 1. The van der Waals surface area contributed by atoms with Gasteiger partial charge in [0.1, 0.15) is 17.6 Å². The normalized spacial score (nSPS) is 10.4. The SMILES string of the molecule is CC(C)Oc1cc(-c2ccc(F)cc2Cl)ccc1C#N. The van der Waals surface area contributed by atoms with Crippen molar-refractivity contribution in [1.29, 1.82) is 5.26 Å². The molecule has 2 rings (SSSR count). The fraction of sp³-hybridized carbons (Fsp3) is 0.188. The molecule has 0 saturated heterocycles. The maximum Gasteiger partial charge on any atom is 0.138 e. The number of hydrogen-bond acceptors (Lipinski definition) is 2. The fourth-order valence-electron chi connectivity index (χ4n) is 1.86. The van der Waals surface area contributed by atoms with E-state index in [1.54, 1.807) is 24.3 Å². The average molecular weight is 290 g/mol. The molecule has 2 nitrogen and oxygen atoms in total. The first-order chi connectivity index (χ1) is 9.51. The molecule has 0 atom stereocenters. The molecule has 0 radical (unpaired) electrons. The van der Waals surface area contributed by atoms with E-state index in [9.17, 15) is 4.39 Å². The molecule has 0 N–H and O–H groups in total. The molecule has 2 aromatic carbocycles. The van der Waals surface area contributed by atoms with Crippen LogP contribution in [0, 0.1) is 17.1 Å². The van der Waals surface area contributed by atoms with Gasteiger partial charge in [-0.25, -0.2) is 4.39 Å². The molecule has 102 valence electrons.